The Kier molecular flexibility index (Phi) is 6.98. The summed E-state index contributed by atoms with van der Waals surface area (Å²) < 4.78 is 90.1. The van der Waals surface area contributed by atoms with Crippen LogP contribution >= 0.6 is 0 Å². The van der Waals surface area contributed by atoms with Crippen molar-refractivity contribution in [1.82, 2.24) is 14.3 Å². The highest BCUT2D eigenvalue weighted by Gasteiger charge is 2.41. The second-order valence-electron chi connectivity index (χ2n) is 8.66. The highest BCUT2D eigenvalue weighted by molar-refractivity contribution is 7.90. The van der Waals surface area contributed by atoms with Crippen LogP contribution in [0, 0.1) is 11.2 Å². The third-order valence-corrected chi connectivity index (χ3v) is 6.74. The zero-order valence-corrected chi connectivity index (χ0v) is 20.0. The molecule has 0 radical (unpaired) electrons. The van der Waals surface area contributed by atoms with Gasteiger partial charge in [0.05, 0.1) is 4.90 Å². The topological polar surface area (TPSA) is 90.3 Å². The zero-order valence-electron chi connectivity index (χ0n) is 19.2. The van der Waals surface area contributed by atoms with Crippen LogP contribution in [-0.4, -0.2) is 30.5 Å². The van der Waals surface area contributed by atoms with Crippen molar-refractivity contribution in [3.8, 4) is 11.3 Å². The summed E-state index contributed by atoms with van der Waals surface area (Å²) in [5.41, 5.74) is -4.50. The first-order valence-electron chi connectivity index (χ1n) is 10.3. The fourth-order valence-corrected chi connectivity index (χ4v) is 4.89. The van der Waals surface area contributed by atoms with E-state index in [1.54, 1.807) is 26.8 Å². The van der Waals surface area contributed by atoms with Crippen LogP contribution < -0.4 is 5.32 Å². The van der Waals surface area contributed by atoms with E-state index < -0.39 is 62.1 Å². The highest BCUT2D eigenvalue weighted by Crippen LogP contribution is 2.44. The lowest BCUT2D eigenvalue weighted by atomic mass is 9.85. The van der Waals surface area contributed by atoms with Crippen LogP contribution in [-0.2, 0) is 20.9 Å². The quantitative estimate of drug-likeness (QED) is 0.462. The standard InChI is InChI=1S/C23H23F4N3O4S/c1-22(2,3)20(34-21(31)28-4)16-13-30(35(32,33)14-9-6-5-7-10-14)18(17(16)24)15-11-8-12-29-19(15)23(25,26)27/h5-13,20H,1-4H3,(H,28,31). The molecule has 0 aliphatic carbocycles. The molecule has 1 unspecified atom stereocenters. The number of hydrogen-bond acceptors (Lipinski definition) is 5. The molecule has 0 saturated carbocycles. The lowest BCUT2D eigenvalue weighted by molar-refractivity contribution is -0.140. The number of ether oxygens (including phenoxy) is 1. The van der Waals surface area contributed by atoms with Gasteiger partial charge in [0.1, 0.15) is 11.8 Å². The lowest BCUT2D eigenvalue weighted by Crippen LogP contribution is -2.29. The van der Waals surface area contributed by atoms with Crippen LogP contribution in [0.1, 0.15) is 38.1 Å². The minimum Gasteiger partial charge on any atom is -0.441 e. The van der Waals surface area contributed by atoms with Crippen LogP contribution in [0.4, 0.5) is 22.4 Å². The summed E-state index contributed by atoms with van der Waals surface area (Å²) in [7, 11) is -3.29. The third kappa shape index (κ3) is 5.16. The molecule has 1 N–H and O–H groups in total. The van der Waals surface area contributed by atoms with Crippen LogP contribution in [0.5, 0.6) is 0 Å². The van der Waals surface area contributed by atoms with E-state index in [2.05, 4.69) is 10.3 Å². The molecule has 0 bridgehead atoms. The number of benzene rings is 1. The fraction of sp³-hybridized carbons (Fsp3) is 0.304. The van der Waals surface area contributed by atoms with E-state index in [-0.39, 0.29) is 4.90 Å². The SMILES string of the molecule is CNC(=O)OC(c1cn(S(=O)(=O)c2ccccc2)c(-c2cccnc2C(F)(F)F)c1F)C(C)(C)C. The maximum Gasteiger partial charge on any atom is 0.434 e. The van der Waals surface area contributed by atoms with Gasteiger partial charge in [0.15, 0.2) is 11.5 Å². The molecular weight excluding hydrogens is 490 g/mol. The Morgan fingerprint density at radius 1 is 1.09 bits per heavy atom. The van der Waals surface area contributed by atoms with Crippen LogP contribution in [0.2, 0.25) is 0 Å². The van der Waals surface area contributed by atoms with Gasteiger partial charge in [-0.05, 0) is 24.3 Å². The lowest BCUT2D eigenvalue weighted by Gasteiger charge is -2.29. The van der Waals surface area contributed by atoms with Gasteiger partial charge in [-0.3, -0.25) is 4.98 Å². The predicted molar refractivity (Wildman–Crippen MR) is 119 cm³/mol. The van der Waals surface area contributed by atoms with Gasteiger partial charge < -0.3 is 10.1 Å². The molecule has 7 nitrogen and oxygen atoms in total. The van der Waals surface area contributed by atoms with E-state index in [1.807, 2.05) is 0 Å². The Morgan fingerprint density at radius 2 is 1.71 bits per heavy atom. The van der Waals surface area contributed by atoms with Crippen molar-refractivity contribution in [2.75, 3.05) is 7.05 Å². The van der Waals surface area contributed by atoms with Crippen LogP contribution in [0.3, 0.4) is 0 Å². The number of hydrogen-bond donors (Lipinski definition) is 1. The summed E-state index contributed by atoms with van der Waals surface area (Å²) in [6, 6.07) is 8.92. The van der Waals surface area contributed by atoms with Gasteiger partial charge in [-0.15, -0.1) is 0 Å². The second-order valence-corrected chi connectivity index (χ2v) is 10.5. The van der Waals surface area contributed by atoms with Crippen molar-refractivity contribution >= 4 is 16.1 Å². The number of carbonyl (C=O) groups is 1. The number of pyridine rings is 1. The monoisotopic (exact) mass is 513 g/mol. The molecule has 188 valence electrons. The van der Waals surface area contributed by atoms with E-state index in [1.165, 1.54) is 31.3 Å². The van der Waals surface area contributed by atoms with Gasteiger partial charge in [-0.2, -0.15) is 13.2 Å². The number of aromatic nitrogens is 2. The molecule has 0 saturated heterocycles. The van der Waals surface area contributed by atoms with Crippen molar-refractivity contribution in [2.45, 2.75) is 37.9 Å². The van der Waals surface area contributed by atoms with Gasteiger partial charge in [0.2, 0.25) is 0 Å². The van der Waals surface area contributed by atoms with Gasteiger partial charge >= 0.3 is 12.3 Å². The molecule has 0 aliphatic rings. The fourth-order valence-electron chi connectivity index (χ4n) is 3.49. The number of alkyl halides is 3. The van der Waals surface area contributed by atoms with Gasteiger partial charge in [-0.1, -0.05) is 39.0 Å². The summed E-state index contributed by atoms with van der Waals surface area (Å²) in [6.45, 7) is 4.82. The average molecular weight is 514 g/mol. The zero-order chi connectivity index (χ0) is 26.2. The summed E-state index contributed by atoms with van der Waals surface area (Å²) in [4.78, 5) is 15.0. The average Bonchev–Trinajstić information content (AvgIpc) is 3.13. The molecule has 35 heavy (non-hydrogen) atoms. The molecule has 2 aromatic heterocycles. The van der Waals surface area contributed by atoms with Crippen molar-refractivity contribution in [1.29, 1.82) is 0 Å². The highest BCUT2D eigenvalue weighted by atomic mass is 32.2. The number of alkyl carbamates (subject to hydrolysis) is 1. The van der Waals surface area contributed by atoms with Crippen LogP contribution in [0.15, 0.2) is 59.8 Å². The molecule has 0 spiro atoms. The normalized spacial score (nSPS) is 13.4. The molecule has 0 fully saturated rings. The van der Waals surface area contributed by atoms with E-state index in [4.69, 9.17) is 4.74 Å². The molecule has 12 heteroatoms. The molecule has 0 aliphatic heterocycles. The summed E-state index contributed by atoms with van der Waals surface area (Å²) in [5.74, 6) is -1.29. The number of carbonyl (C=O) groups excluding carboxylic acids is 1. The Balaban J connectivity index is 2.42. The Morgan fingerprint density at radius 3 is 2.26 bits per heavy atom. The third-order valence-electron chi connectivity index (χ3n) is 5.07. The van der Waals surface area contributed by atoms with Crippen molar-refractivity contribution < 1.29 is 35.5 Å². The summed E-state index contributed by atoms with van der Waals surface area (Å²) in [5, 5.41) is 2.23. The maximum absolute atomic E-state index is 16.0. The molecule has 3 rings (SSSR count). The van der Waals surface area contributed by atoms with E-state index in [0.29, 0.717) is 3.97 Å². The van der Waals surface area contributed by atoms with Crippen molar-refractivity contribution in [3.63, 3.8) is 0 Å². The smallest absolute Gasteiger partial charge is 0.434 e. The number of nitrogens with one attached hydrogen (secondary N) is 1. The van der Waals surface area contributed by atoms with Gasteiger partial charge in [0, 0.05) is 36.0 Å². The molecule has 3 aromatic rings. The molecular formula is C23H23F4N3O4S. The van der Waals surface area contributed by atoms with Gasteiger partial charge in [0.25, 0.3) is 10.0 Å². The first kappa shape index (κ1) is 26.2. The van der Waals surface area contributed by atoms with E-state index >= 15 is 4.39 Å². The number of nitrogens with zero attached hydrogens (tertiary/aromatic N) is 2. The molecule has 2 heterocycles. The Hall–Kier alpha value is -3.41. The van der Waals surface area contributed by atoms with Crippen molar-refractivity contribution in [3.05, 3.63) is 71.9 Å². The minimum absolute atomic E-state index is 0.278. The molecule has 1 aromatic carbocycles. The largest absolute Gasteiger partial charge is 0.441 e. The Bertz CT molecular complexity index is 1330. The van der Waals surface area contributed by atoms with E-state index in [0.717, 1.165) is 24.5 Å². The van der Waals surface area contributed by atoms with Crippen molar-refractivity contribution in [2.24, 2.45) is 5.41 Å². The minimum atomic E-state index is -5.00. The summed E-state index contributed by atoms with van der Waals surface area (Å²) in [6.07, 6.45) is -5.56. The predicted octanol–water partition coefficient (Wildman–Crippen LogP) is 5.39. The summed E-state index contributed by atoms with van der Waals surface area (Å²) >= 11 is 0. The molecule has 1 atom stereocenters. The first-order valence-corrected chi connectivity index (χ1v) is 11.8. The van der Waals surface area contributed by atoms with Gasteiger partial charge in [-0.25, -0.2) is 21.6 Å². The molecule has 1 amide bonds. The first-order chi connectivity index (χ1) is 16.2. The van der Waals surface area contributed by atoms with Crippen LogP contribution in [0.25, 0.3) is 11.3 Å². The number of amides is 1. The second kappa shape index (κ2) is 9.33. The maximum atomic E-state index is 16.0. The Labute approximate surface area is 199 Å². The van der Waals surface area contributed by atoms with E-state index in [9.17, 15) is 26.4 Å². The number of rotatable bonds is 5. The number of halogens is 4.